The second-order valence-electron chi connectivity index (χ2n) is 7.97. The van der Waals surface area contributed by atoms with Crippen LogP contribution in [0.3, 0.4) is 0 Å². The molecular weight excluding hydrogens is 430 g/mol. The van der Waals surface area contributed by atoms with Gasteiger partial charge in [-0.2, -0.15) is 0 Å². The third kappa shape index (κ3) is 5.38. The number of amides is 3. The highest BCUT2D eigenvalue weighted by Gasteiger charge is 2.38. The number of carbonyl (C=O) groups excluding carboxylic acids is 2. The van der Waals surface area contributed by atoms with Crippen LogP contribution in [0.4, 0.5) is 4.79 Å². The fraction of sp³-hybridized carbons (Fsp3) is 0.185. The van der Waals surface area contributed by atoms with Gasteiger partial charge in [-0.15, -0.1) is 0 Å². The minimum Gasteiger partial charge on any atom is -0.493 e. The second-order valence-corrected chi connectivity index (χ2v) is 7.97. The van der Waals surface area contributed by atoms with Crippen molar-refractivity contribution in [3.63, 3.8) is 0 Å². The maximum atomic E-state index is 13.1. The molecule has 1 saturated heterocycles. The molecule has 0 bridgehead atoms. The van der Waals surface area contributed by atoms with Gasteiger partial charge in [0.1, 0.15) is 12.5 Å². The standard InChI is InChI=1S/C27H27N3O4/c1-18-24(26(31)28-16-19-9-5-3-6-10-19)25(30-27(32)29-18)21-13-14-22(23(15-21)33-2)34-17-20-11-7-4-8-12-20/h3-15,24-25H,1,16-17H2,2H3,(H,28,31)(H2,29,30,32)/t24-,25+/m1/s1. The van der Waals surface area contributed by atoms with Gasteiger partial charge in [0.25, 0.3) is 0 Å². The molecule has 174 valence electrons. The van der Waals surface area contributed by atoms with Gasteiger partial charge in [0, 0.05) is 12.2 Å². The van der Waals surface area contributed by atoms with Gasteiger partial charge in [0.15, 0.2) is 11.5 Å². The van der Waals surface area contributed by atoms with Crippen LogP contribution < -0.4 is 25.4 Å². The van der Waals surface area contributed by atoms with Crippen molar-refractivity contribution in [2.75, 3.05) is 7.11 Å². The van der Waals surface area contributed by atoms with E-state index in [1.807, 2.05) is 66.7 Å². The molecule has 0 unspecified atom stereocenters. The van der Waals surface area contributed by atoms with Crippen LogP contribution in [-0.4, -0.2) is 19.0 Å². The molecule has 34 heavy (non-hydrogen) atoms. The number of methoxy groups -OCH3 is 1. The lowest BCUT2D eigenvalue weighted by molar-refractivity contribution is -0.125. The molecule has 0 aromatic heterocycles. The van der Waals surface area contributed by atoms with E-state index in [-0.39, 0.29) is 5.91 Å². The first-order valence-electron chi connectivity index (χ1n) is 11.0. The first-order chi connectivity index (χ1) is 16.5. The van der Waals surface area contributed by atoms with Crippen LogP contribution in [-0.2, 0) is 17.9 Å². The van der Waals surface area contributed by atoms with Crippen molar-refractivity contribution in [3.8, 4) is 11.5 Å². The minimum atomic E-state index is -0.706. The zero-order valence-electron chi connectivity index (χ0n) is 18.9. The molecule has 0 saturated carbocycles. The summed E-state index contributed by atoms with van der Waals surface area (Å²) in [6.45, 7) is 4.70. The zero-order valence-corrected chi connectivity index (χ0v) is 18.9. The van der Waals surface area contributed by atoms with E-state index < -0.39 is 18.0 Å². The van der Waals surface area contributed by atoms with Crippen molar-refractivity contribution in [2.45, 2.75) is 19.2 Å². The Morgan fingerprint density at radius 3 is 2.32 bits per heavy atom. The van der Waals surface area contributed by atoms with Crippen molar-refractivity contribution >= 4 is 11.9 Å². The summed E-state index contributed by atoms with van der Waals surface area (Å²) in [5.74, 6) is 0.131. The molecule has 0 radical (unpaired) electrons. The second kappa shape index (κ2) is 10.6. The summed E-state index contributed by atoms with van der Waals surface area (Å²) < 4.78 is 11.5. The van der Waals surface area contributed by atoms with E-state index in [1.54, 1.807) is 19.2 Å². The molecule has 3 aromatic carbocycles. The van der Waals surface area contributed by atoms with Gasteiger partial charge < -0.3 is 25.4 Å². The Bertz CT molecular complexity index is 1170. The lowest BCUT2D eigenvalue weighted by Crippen LogP contribution is -2.52. The SMILES string of the molecule is C=C1NC(=O)N[C@@H](c2ccc(OCc3ccccc3)c(OC)c2)[C@@H]1C(=O)NCc1ccccc1. The van der Waals surface area contributed by atoms with Crippen LogP contribution in [0.1, 0.15) is 22.7 Å². The summed E-state index contributed by atoms with van der Waals surface area (Å²) in [4.78, 5) is 25.3. The monoisotopic (exact) mass is 457 g/mol. The Balaban J connectivity index is 1.53. The number of benzene rings is 3. The van der Waals surface area contributed by atoms with Gasteiger partial charge in [-0.1, -0.05) is 73.3 Å². The van der Waals surface area contributed by atoms with Crippen molar-refractivity contribution < 1.29 is 19.1 Å². The highest BCUT2D eigenvalue weighted by molar-refractivity contribution is 5.88. The zero-order chi connectivity index (χ0) is 23.9. The summed E-state index contributed by atoms with van der Waals surface area (Å²) >= 11 is 0. The van der Waals surface area contributed by atoms with Gasteiger partial charge in [-0.05, 0) is 28.8 Å². The van der Waals surface area contributed by atoms with Crippen molar-refractivity contribution in [1.29, 1.82) is 0 Å². The molecule has 3 aromatic rings. The van der Waals surface area contributed by atoms with Gasteiger partial charge >= 0.3 is 6.03 Å². The molecule has 3 amide bonds. The maximum absolute atomic E-state index is 13.1. The third-order valence-corrected chi connectivity index (χ3v) is 5.65. The number of rotatable bonds is 8. The third-order valence-electron chi connectivity index (χ3n) is 5.65. The van der Waals surface area contributed by atoms with Gasteiger partial charge in [0.2, 0.25) is 5.91 Å². The van der Waals surface area contributed by atoms with E-state index in [2.05, 4.69) is 22.5 Å². The number of carbonyl (C=O) groups is 2. The Labute approximate surface area is 198 Å². The molecule has 3 N–H and O–H groups in total. The number of urea groups is 1. The molecule has 1 aliphatic rings. The maximum Gasteiger partial charge on any atom is 0.319 e. The molecule has 1 aliphatic heterocycles. The van der Waals surface area contributed by atoms with Crippen molar-refractivity contribution in [1.82, 2.24) is 16.0 Å². The molecule has 0 aliphatic carbocycles. The van der Waals surface area contributed by atoms with E-state index in [4.69, 9.17) is 9.47 Å². The number of hydrogen-bond donors (Lipinski definition) is 3. The number of hydrogen-bond acceptors (Lipinski definition) is 4. The Kier molecular flexibility index (Phi) is 7.13. The lowest BCUT2D eigenvalue weighted by atomic mass is 9.88. The predicted octanol–water partition coefficient (Wildman–Crippen LogP) is 4.07. The topological polar surface area (TPSA) is 88.7 Å². The largest absolute Gasteiger partial charge is 0.493 e. The summed E-state index contributed by atoms with van der Waals surface area (Å²) in [5.41, 5.74) is 3.06. The highest BCUT2D eigenvalue weighted by atomic mass is 16.5. The van der Waals surface area contributed by atoms with Crippen molar-refractivity contribution in [2.24, 2.45) is 5.92 Å². The Morgan fingerprint density at radius 2 is 1.65 bits per heavy atom. The fourth-order valence-corrected chi connectivity index (χ4v) is 3.90. The molecule has 1 fully saturated rings. The normalized spacial score (nSPS) is 17.3. The first-order valence-corrected chi connectivity index (χ1v) is 11.0. The fourth-order valence-electron chi connectivity index (χ4n) is 3.90. The molecule has 2 atom stereocenters. The average molecular weight is 458 g/mol. The van der Waals surface area contributed by atoms with Gasteiger partial charge in [-0.3, -0.25) is 4.79 Å². The van der Waals surface area contributed by atoms with Crippen LogP contribution in [0.2, 0.25) is 0 Å². The van der Waals surface area contributed by atoms with Crippen LogP contribution in [0.5, 0.6) is 11.5 Å². The summed E-state index contributed by atoms with van der Waals surface area (Å²) in [6, 6.07) is 23.8. The molecule has 0 spiro atoms. The Morgan fingerprint density at radius 1 is 0.971 bits per heavy atom. The minimum absolute atomic E-state index is 0.241. The number of ether oxygens (including phenoxy) is 2. The van der Waals surface area contributed by atoms with Crippen LogP contribution in [0.25, 0.3) is 0 Å². The van der Waals surface area contributed by atoms with Crippen LogP contribution >= 0.6 is 0 Å². The van der Waals surface area contributed by atoms with Crippen LogP contribution in [0, 0.1) is 5.92 Å². The molecule has 7 heteroatoms. The van der Waals surface area contributed by atoms with E-state index in [1.165, 1.54) is 0 Å². The predicted molar refractivity (Wildman–Crippen MR) is 129 cm³/mol. The van der Waals surface area contributed by atoms with Gasteiger partial charge in [0.05, 0.1) is 13.2 Å². The van der Waals surface area contributed by atoms with E-state index in [0.29, 0.717) is 35.9 Å². The van der Waals surface area contributed by atoms with Gasteiger partial charge in [-0.25, -0.2) is 4.79 Å². The molecule has 7 nitrogen and oxygen atoms in total. The van der Waals surface area contributed by atoms with Crippen LogP contribution in [0.15, 0.2) is 91.1 Å². The van der Waals surface area contributed by atoms with E-state index in [0.717, 1.165) is 11.1 Å². The highest BCUT2D eigenvalue weighted by Crippen LogP contribution is 2.35. The molecule has 1 heterocycles. The Hall–Kier alpha value is -4.26. The first kappa shape index (κ1) is 22.9. The van der Waals surface area contributed by atoms with E-state index >= 15 is 0 Å². The molecule has 4 rings (SSSR count). The number of nitrogens with one attached hydrogen (secondary N) is 3. The summed E-state index contributed by atoms with van der Waals surface area (Å²) in [6.07, 6.45) is 0. The average Bonchev–Trinajstić information content (AvgIpc) is 2.86. The summed E-state index contributed by atoms with van der Waals surface area (Å²) in [5, 5.41) is 8.42. The van der Waals surface area contributed by atoms with E-state index in [9.17, 15) is 9.59 Å². The quantitative estimate of drug-likeness (QED) is 0.476. The van der Waals surface area contributed by atoms with Crippen molar-refractivity contribution in [3.05, 3.63) is 108 Å². The summed E-state index contributed by atoms with van der Waals surface area (Å²) in [7, 11) is 1.55. The smallest absolute Gasteiger partial charge is 0.319 e. The lowest BCUT2D eigenvalue weighted by Gasteiger charge is -2.34. The molecular formula is C27H27N3O4.